The molecule has 1 aromatic carbocycles. The highest BCUT2D eigenvalue weighted by atomic mass is 79.9. The van der Waals surface area contributed by atoms with Gasteiger partial charge in [-0.3, -0.25) is 4.79 Å². The summed E-state index contributed by atoms with van der Waals surface area (Å²) in [6, 6.07) is 5.42. The zero-order valence-electron chi connectivity index (χ0n) is 11.1. The Morgan fingerprint density at radius 3 is 2.62 bits per heavy atom. The summed E-state index contributed by atoms with van der Waals surface area (Å²) in [6.07, 6.45) is 1.78. The van der Waals surface area contributed by atoms with E-state index in [1.807, 2.05) is 6.92 Å². The molecule has 0 radical (unpaired) electrons. The largest absolute Gasteiger partial charge is 0.506 e. The molecule has 0 unspecified atom stereocenters. The zero-order valence-corrected chi connectivity index (χ0v) is 12.7. The van der Waals surface area contributed by atoms with Crippen LogP contribution < -0.4 is 5.32 Å². The van der Waals surface area contributed by atoms with Crippen molar-refractivity contribution in [2.75, 3.05) is 5.32 Å². The number of amides is 1. The number of aromatic hydroxyl groups is 1. The van der Waals surface area contributed by atoms with Crippen LogP contribution >= 0.6 is 15.9 Å². The van der Waals surface area contributed by atoms with Gasteiger partial charge in [0.1, 0.15) is 11.4 Å². The molecule has 0 atom stereocenters. The second-order valence-electron chi connectivity index (χ2n) is 4.32. The third kappa shape index (κ3) is 3.25. The number of benzene rings is 1. The van der Waals surface area contributed by atoms with E-state index in [0.717, 1.165) is 10.5 Å². The Bertz CT molecular complexity index is 709. The summed E-state index contributed by atoms with van der Waals surface area (Å²) in [5.41, 5.74) is 0.543. The van der Waals surface area contributed by atoms with Crippen LogP contribution in [0.2, 0.25) is 0 Å². The maximum atomic E-state index is 12.2. The van der Waals surface area contributed by atoms with Gasteiger partial charge in [-0.05, 0) is 47.1 Å². The topological polar surface area (TPSA) is 91.6 Å². The molecule has 2 aromatic rings. The summed E-state index contributed by atoms with van der Waals surface area (Å²) in [5.74, 6) is -1.83. The summed E-state index contributed by atoms with van der Waals surface area (Å²) in [7, 11) is 0. The van der Waals surface area contributed by atoms with Crippen molar-refractivity contribution in [3.05, 3.63) is 46.2 Å². The van der Waals surface area contributed by atoms with Gasteiger partial charge in [-0.1, -0.05) is 0 Å². The molecule has 0 fully saturated rings. The van der Waals surface area contributed by atoms with Crippen LogP contribution in [0.4, 0.5) is 5.69 Å². The van der Waals surface area contributed by atoms with E-state index in [0.29, 0.717) is 12.2 Å². The van der Waals surface area contributed by atoms with Crippen molar-refractivity contribution in [1.29, 1.82) is 0 Å². The molecule has 0 saturated heterocycles. The SMILES string of the molecule is CCn1cc(Br)cc1C(=O)Nc1ccc(C(=O)O)cc1O. The van der Waals surface area contributed by atoms with E-state index < -0.39 is 5.97 Å². The second kappa shape index (κ2) is 6.01. The maximum absolute atomic E-state index is 12.2. The lowest BCUT2D eigenvalue weighted by Crippen LogP contribution is -2.16. The molecule has 21 heavy (non-hydrogen) atoms. The van der Waals surface area contributed by atoms with Gasteiger partial charge in [-0.15, -0.1) is 0 Å². The van der Waals surface area contributed by atoms with Gasteiger partial charge >= 0.3 is 5.97 Å². The van der Waals surface area contributed by atoms with Crippen molar-refractivity contribution < 1.29 is 19.8 Å². The van der Waals surface area contributed by atoms with Crippen molar-refractivity contribution in [3.8, 4) is 5.75 Å². The molecular weight excluding hydrogens is 340 g/mol. The average Bonchev–Trinajstić information content (AvgIpc) is 2.82. The highest BCUT2D eigenvalue weighted by Crippen LogP contribution is 2.25. The predicted molar refractivity (Wildman–Crippen MR) is 80.8 cm³/mol. The van der Waals surface area contributed by atoms with E-state index in [-0.39, 0.29) is 22.9 Å². The van der Waals surface area contributed by atoms with E-state index in [1.54, 1.807) is 16.8 Å². The number of nitrogens with zero attached hydrogens (tertiary/aromatic N) is 1. The first-order chi connectivity index (χ1) is 9.92. The van der Waals surface area contributed by atoms with Crippen molar-refractivity contribution in [3.63, 3.8) is 0 Å². The number of carboxylic acids is 1. The molecule has 0 aliphatic rings. The van der Waals surface area contributed by atoms with Crippen LogP contribution in [0.1, 0.15) is 27.8 Å². The fourth-order valence-electron chi connectivity index (χ4n) is 1.88. The second-order valence-corrected chi connectivity index (χ2v) is 5.24. The molecule has 6 nitrogen and oxygen atoms in total. The molecule has 0 aliphatic heterocycles. The third-order valence-electron chi connectivity index (χ3n) is 2.93. The molecule has 0 saturated carbocycles. The fourth-order valence-corrected chi connectivity index (χ4v) is 2.35. The van der Waals surface area contributed by atoms with E-state index in [9.17, 15) is 14.7 Å². The van der Waals surface area contributed by atoms with Crippen LogP contribution in [0.15, 0.2) is 34.9 Å². The van der Waals surface area contributed by atoms with Crippen molar-refractivity contribution in [2.45, 2.75) is 13.5 Å². The van der Waals surface area contributed by atoms with E-state index in [1.165, 1.54) is 12.1 Å². The lowest BCUT2D eigenvalue weighted by molar-refractivity contribution is 0.0696. The number of hydrogen-bond donors (Lipinski definition) is 3. The number of carbonyl (C=O) groups is 2. The number of aryl methyl sites for hydroxylation is 1. The van der Waals surface area contributed by atoms with E-state index in [4.69, 9.17) is 5.11 Å². The number of phenolic OH excluding ortho intramolecular Hbond substituents is 1. The number of phenols is 1. The first-order valence-corrected chi connectivity index (χ1v) is 6.95. The lowest BCUT2D eigenvalue weighted by Gasteiger charge is -2.09. The van der Waals surface area contributed by atoms with Gasteiger partial charge in [0.25, 0.3) is 5.91 Å². The fraction of sp³-hybridized carbons (Fsp3) is 0.143. The van der Waals surface area contributed by atoms with Crippen LogP contribution in [0.5, 0.6) is 5.75 Å². The monoisotopic (exact) mass is 352 g/mol. The number of rotatable bonds is 4. The van der Waals surface area contributed by atoms with Gasteiger partial charge in [0.2, 0.25) is 0 Å². The molecule has 1 amide bonds. The number of nitrogens with one attached hydrogen (secondary N) is 1. The third-order valence-corrected chi connectivity index (χ3v) is 3.36. The Labute approximate surface area is 129 Å². The van der Waals surface area contributed by atoms with Crippen molar-refractivity contribution in [2.24, 2.45) is 0 Å². The molecule has 110 valence electrons. The summed E-state index contributed by atoms with van der Waals surface area (Å²) >= 11 is 3.30. The number of carboxylic acid groups (broad SMARTS) is 1. The van der Waals surface area contributed by atoms with Crippen LogP contribution in [-0.4, -0.2) is 26.7 Å². The predicted octanol–water partition coefficient (Wildman–Crippen LogP) is 2.93. The quantitative estimate of drug-likeness (QED) is 0.737. The Morgan fingerprint density at radius 2 is 2.05 bits per heavy atom. The summed E-state index contributed by atoms with van der Waals surface area (Å²) in [5, 5.41) is 21.2. The molecule has 3 N–H and O–H groups in total. The smallest absolute Gasteiger partial charge is 0.335 e. The normalized spacial score (nSPS) is 10.4. The van der Waals surface area contributed by atoms with Gasteiger partial charge < -0.3 is 20.1 Å². The average molecular weight is 353 g/mol. The molecule has 1 heterocycles. The minimum Gasteiger partial charge on any atom is -0.506 e. The van der Waals surface area contributed by atoms with Crippen LogP contribution in [0, 0.1) is 0 Å². The van der Waals surface area contributed by atoms with Crippen LogP contribution in [0.3, 0.4) is 0 Å². The summed E-state index contributed by atoms with van der Waals surface area (Å²) < 4.78 is 2.53. The number of aromatic carboxylic acids is 1. The van der Waals surface area contributed by atoms with Crippen LogP contribution in [0.25, 0.3) is 0 Å². The highest BCUT2D eigenvalue weighted by molar-refractivity contribution is 9.10. The highest BCUT2D eigenvalue weighted by Gasteiger charge is 2.15. The zero-order chi connectivity index (χ0) is 15.6. The Balaban J connectivity index is 2.25. The number of hydrogen-bond acceptors (Lipinski definition) is 3. The lowest BCUT2D eigenvalue weighted by atomic mass is 10.2. The molecule has 0 aliphatic carbocycles. The molecular formula is C14H13BrN2O4. The first-order valence-electron chi connectivity index (χ1n) is 6.15. The molecule has 0 spiro atoms. The van der Waals surface area contributed by atoms with E-state index in [2.05, 4.69) is 21.2 Å². The van der Waals surface area contributed by atoms with E-state index >= 15 is 0 Å². The first kappa shape index (κ1) is 15.1. The molecule has 0 bridgehead atoms. The Hall–Kier alpha value is -2.28. The Morgan fingerprint density at radius 1 is 1.33 bits per heavy atom. The van der Waals surface area contributed by atoms with Gasteiger partial charge in [0.05, 0.1) is 11.3 Å². The maximum Gasteiger partial charge on any atom is 0.335 e. The number of halogens is 1. The summed E-state index contributed by atoms with van der Waals surface area (Å²) in [4.78, 5) is 23.0. The number of anilines is 1. The molecule has 2 rings (SSSR count). The van der Waals surface area contributed by atoms with Gasteiger partial charge in [-0.2, -0.15) is 0 Å². The standard InChI is InChI=1S/C14H13BrN2O4/c1-2-17-7-9(15)6-11(17)13(19)16-10-4-3-8(14(20)21)5-12(10)18/h3-7,18H,2H2,1H3,(H,16,19)(H,20,21). The van der Waals surface area contributed by atoms with Crippen LogP contribution in [-0.2, 0) is 6.54 Å². The van der Waals surface area contributed by atoms with Gasteiger partial charge in [-0.25, -0.2) is 4.79 Å². The van der Waals surface area contributed by atoms with Crippen molar-refractivity contribution in [1.82, 2.24) is 4.57 Å². The summed E-state index contributed by atoms with van der Waals surface area (Å²) in [6.45, 7) is 2.53. The minimum atomic E-state index is -1.15. The van der Waals surface area contributed by atoms with Gasteiger partial charge in [0.15, 0.2) is 0 Å². The number of carbonyl (C=O) groups excluding carboxylic acids is 1. The molecule has 7 heteroatoms. The molecule has 1 aromatic heterocycles. The minimum absolute atomic E-state index is 0.0508. The van der Waals surface area contributed by atoms with Gasteiger partial charge in [0, 0.05) is 17.2 Å². The number of aromatic nitrogens is 1. The Kier molecular flexibility index (Phi) is 4.32. The van der Waals surface area contributed by atoms with Crippen molar-refractivity contribution >= 4 is 33.5 Å².